The largest absolute Gasteiger partial charge is 0.326 e. The number of nitrogens with two attached hydrogens (primary N) is 1. The summed E-state index contributed by atoms with van der Waals surface area (Å²) in [5.41, 5.74) is 7.55. The molecule has 0 aliphatic carbocycles. The van der Waals surface area contributed by atoms with E-state index in [2.05, 4.69) is 0 Å². The molecule has 0 unspecified atom stereocenters. The Kier molecular flexibility index (Phi) is 6.73. The molecule has 0 saturated carbocycles. The standard InChI is InChI=1S/C19H19NO4S3.ClH/c1-13-4-3-5-14(10-13)17-11-16(7-8-18(17)26(2,21)22)27(23,24)19-9-6-15(12-20)25-19;/h3-11H,12,20H2,1-2H3;1H. The SMILES string of the molecule is Cc1cccc(-c2cc(S(=O)(=O)c3ccc(CN)s3)ccc2S(C)(=O)=O)c1.Cl. The van der Waals surface area contributed by atoms with Gasteiger partial charge in [0, 0.05) is 23.2 Å². The molecule has 9 heteroatoms. The van der Waals surface area contributed by atoms with Gasteiger partial charge in [-0.2, -0.15) is 0 Å². The van der Waals surface area contributed by atoms with Crippen LogP contribution < -0.4 is 5.73 Å². The Balaban J connectivity index is 0.00000280. The Morgan fingerprint density at radius 2 is 1.68 bits per heavy atom. The molecule has 2 aromatic carbocycles. The van der Waals surface area contributed by atoms with E-state index in [9.17, 15) is 16.8 Å². The molecule has 0 aliphatic heterocycles. The fraction of sp³-hybridized carbons (Fsp3) is 0.158. The third kappa shape index (κ3) is 4.47. The lowest BCUT2D eigenvalue weighted by molar-refractivity contribution is 0.596. The topological polar surface area (TPSA) is 94.3 Å². The number of benzene rings is 2. The molecule has 2 N–H and O–H groups in total. The maximum Gasteiger partial charge on any atom is 0.215 e. The van der Waals surface area contributed by atoms with Crippen LogP contribution in [0.2, 0.25) is 0 Å². The minimum atomic E-state index is -3.76. The average Bonchev–Trinajstić information content (AvgIpc) is 3.10. The molecule has 0 amide bonds. The monoisotopic (exact) mass is 457 g/mol. The first kappa shape index (κ1) is 22.6. The van der Waals surface area contributed by atoms with Crippen molar-refractivity contribution in [1.29, 1.82) is 0 Å². The van der Waals surface area contributed by atoms with Crippen molar-refractivity contribution >= 4 is 43.4 Å². The highest BCUT2D eigenvalue weighted by Gasteiger charge is 2.23. The minimum Gasteiger partial charge on any atom is -0.326 e. The van der Waals surface area contributed by atoms with Crippen LogP contribution in [0.25, 0.3) is 11.1 Å². The van der Waals surface area contributed by atoms with Crippen molar-refractivity contribution in [1.82, 2.24) is 0 Å². The first-order chi connectivity index (χ1) is 12.6. The lowest BCUT2D eigenvalue weighted by Gasteiger charge is -2.12. The summed E-state index contributed by atoms with van der Waals surface area (Å²) < 4.78 is 50.6. The lowest BCUT2D eigenvalue weighted by Crippen LogP contribution is -2.04. The van der Waals surface area contributed by atoms with E-state index in [4.69, 9.17) is 5.73 Å². The Morgan fingerprint density at radius 3 is 2.25 bits per heavy atom. The van der Waals surface area contributed by atoms with Crippen molar-refractivity contribution in [3.8, 4) is 11.1 Å². The molecular weight excluding hydrogens is 438 g/mol. The zero-order valence-electron chi connectivity index (χ0n) is 15.2. The second-order valence-electron chi connectivity index (χ2n) is 6.23. The quantitative estimate of drug-likeness (QED) is 0.628. The Labute approximate surface area is 175 Å². The summed E-state index contributed by atoms with van der Waals surface area (Å²) in [5.74, 6) is 0. The summed E-state index contributed by atoms with van der Waals surface area (Å²) in [6.07, 6.45) is 1.11. The molecule has 3 aromatic rings. The normalized spacial score (nSPS) is 11.8. The van der Waals surface area contributed by atoms with Crippen molar-refractivity contribution in [2.45, 2.75) is 27.5 Å². The van der Waals surface area contributed by atoms with Crippen LogP contribution in [0.15, 0.2) is 68.6 Å². The van der Waals surface area contributed by atoms with Crippen molar-refractivity contribution in [3.05, 3.63) is 65.0 Å². The molecule has 1 heterocycles. The molecule has 0 fully saturated rings. The van der Waals surface area contributed by atoms with Gasteiger partial charge >= 0.3 is 0 Å². The number of sulfone groups is 2. The highest BCUT2D eigenvalue weighted by Crippen LogP contribution is 2.34. The molecule has 0 spiro atoms. The van der Waals surface area contributed by atoms with E-state index in [1.54, 1.807) is 12.1 Å². The number of thiophene rings is 1. The van der Waals surface area contributed by atoms with E-state index in [-0.39, 0.29) is 33.0 Å². The predicted octanol–water partition coefficient (Wildman–Crippen LogP) is 3.84. The predicted molar refractivity (Wildman–Crippen MR) is 115 cm³/mol. The Morgan fingerprint density at radius 1 is 0.964 bits per heavy atom. The van der Waals surface area contributed by atoms with Gasteiger partial charge in [0.05, 0.1) is 9.79 Å². The fourth-order valence-corrected chi connectivity index (χ4v) is 6.32. The van der Waals surface area contributed by atoms with Crippen LogP contribution in [-0.4, -0.2) is 23.1 Å². The molecular formula is C19H20ClNO4S3. The molecule has 150 valence electrons. The van der Waals surface area contributed by atoms with Crippen LogP contribution in [0.4, 0.5) is 0 Å². The molecule has 0 bridgehead atoms. The molecule has 5 nitrogen and oxygen atoms in total. The van der Waals surface area contributed by atoms with Gasteiger partial charge < -0.3 is 5.73 Å². The van der Waals surface area contributed by atoms with Crippen molar-refractivity contribution in [2.75, 3.05) is 6.26 Å². The van der Waals surface area contributed by atoms with Crippen molar-refractivity contribution in [3.63, 3.8) is 0 Å². The maximum atomic E-state index is 13.0. The van der Waals surface area contributed by atoms with E-state index < -0.39 is 19.7 Å². The van der Waals surface area contributed by atoms with Crippen molar-refractivity contribution in [2.24, 2.45) is 5.73 Å². The summed E-state index contributed by atoms with van der Waals surface area (Å²) in [5, 5.41) is 0. The van der Waals surface area contributed by atoms with Crippen molar-refractivity contribution < 1.29 is 16.8 Å². The first-order valence-corrected chi connectivity index (χ1v) is 12.3. The van der Waals surface area contributed by atoms with E-state index >= 15 is 0 Å². The highest BCUT2D eigenvalue weighted by molar-refractivity contribution is 7.93. The van der Waals surface area contributed by atoms with Crippen LogP contribution in [0.1, 0.15) is 10.4 Å². The summed E-state index contributed by atoms with van der Waals surface area (Å²) in [4.78, 5) is 0.915. The van der Waals surface area contributed by atoms with Gasteiger partial charge in [0.2, 0.25) is 9.84 Å². The van der Waals surface area contributed by atoms with Gasteiger partial charge in [-0.15, -0.1) is 23.7 Å². The number of aryl methyl sites for hydroxylation is 1. The number of hydrogen-bond donors (Lipinski definition) is 1. The third-order valence-corrected chi connectivity index (χ3v) is 8.60. The van der Waals surface area contributed by atoms with Crippen LogP contribution in [0.5, 0.6) is 0 Å². The van der Waals surface area contributed by atoms with E-state index in [0.29, 0.717) is 11.1 Å². The van der Waals surface area contributed by atoms with Gasteiger partial charge in [0.15, 0.2) is 9.84 Å². The number of hydrogen-bond acceptors (Lipinski definition) is 6. The molecule has 28 heavy (non-hydrogen) atoms. The maximum absolute atomic E-state index is 13.0. The van der Waals surface area contributed by atoms with Gasteiger partial charge in [-0.3, -0.25) is 0 Å². The van der Waals surface area contributed by atoms with Gasteiger partial charge in [0.25, 0.3) is 0 Å². The molecule has 1 aromatic heterocycles. The summed E-state index contributed by atoms with van der Waals surface area (Å²) in [6.45, 7) is 2.16. The molecule has 0 atom stereocenters. The average molecular weight is 458 g/mol. The van der Waals surface area contributed by atoms with Crippen LogP contribution in [0.3, 0.4) is 0 Å². The van der Waals surface area contributed by atoms with Crippen LogP contribution >= 0.6 is 23.7 Å². The van der Waals surface area contributed by atoms with Crippen LogP contribution in [-0.2, 0) is 26.2 Å². The Hall–Kier alpha value is -1.71. The molecule has 0 saturated heterocycles. The van der Waals surface area contributed by atoms with Gasteiger partial charge in [0.1, 0.15) is 4.21 Å². The van der Waals surface area contributed by atoms with Gasteiger partial charge in [-0.25, -0.2) is 16.8 Å². The smallest absolute Gasteiger partial charge is 0.215 e. The van der Waals surface area contributed by atoms with Crippen LogP contribution in [0, 0.1) is 6.92 Å². The minimum absolute atomic E-state index is 0. The Bertz CT molecular complexity index is 1220. The zero-order valence-corrected chi connectivity index (χ0v) is 18.5. The molecule has 3 rings (SSSR count). The number of rotatable bonds is 5. The molecule has 0 aliphatic rings. The summed E-state index contributed by atoms with van der Waals surface area (Å²) in [7, 11) is -7.29. The lowest BCUT2D eigenvalue weighted by atomic mass is 10.0. The molecule has 0 radical (unpaired) electrons. The van der Waals surface area contributed by atoms with E-state index in [1.165, 1.54) is 24.3 Å². The third-order valence-electron chi connectivity index (χ3n) is 4.09. The van der Waals surface area contributed by atoms with Gasteiger partial charge in [-0.1, -0.05) is 29.8 Å². The summed E-state index contributed by atoms with van der Waals surface area (Å²) >= 11 is 1.12. The highest BCUT2D eigenvalue weighted by atomic mass is 35.5. The van der Waals surface area contributed by atoms with E-state index in [0.717, 1.165) is 28.0 Å². The fourth-order valence-electron chi connectivity index (χ4n) is 2.77. The number of halogens is 1. The summed E-state index contributed by atoms with van der Waals surface area (Å²) in [6, 6.07) is 14.6. The van der Waals surface area contributed by atoms with E-state index in [1.807, 2.05) is 25.1 Å². The van der Waals surface area contributed by atoms with Gasteiger partial charge in [-0.05, 0) is 42.8 Å². The second-order valence-corrected chi connectivity index (χ2v) is 11.6. The second kappa shape index (κ2) is 8.34. The first-order valence-electron chi connectivity index (χ1n) is 8.08. The zero-order chi connectivity index (χ0) is 19.8.